The minimum absolute atomic E-state index is 0.0679. The zero-order valence-corrected chi connectivity index (χ0v) is 14.3. The molecule has 0 bridgehead atoms. The topological polar surface area (TPSA) is 83.5 Å². The van der Waals surface area contributed by atoms with Crippen molar-refractivity contribution in [3.05, 3.63) is 17.6 Å². The Hall–Kier alpha value is -1.70. The molecule has 2 aliphatic heterocycles. The van der Waals surface area contributed by atoms with Gasteiger partial charge in [0.05, 0.1) is 11.5 Å². The van der Waals surface area contributed by atoms with Crippen molar-refractivity contribution in [2.45, 2.75) is 32.2 Å². The molecule has 1 aromatic heterocycles. The summed E-state index contributed by atoms with van der Waals surface area (Å²) in [6.45, 7) is 3.30. The van der Waals surface area contributed by atoms with Crippen LogP contribution in [-0.4, -0.2) is 66.9 Å². The van der Waals surface area contributed by atoms with Gasteiger partial charge >= 0.3 is 0 Å². The number of carbonyl (C=O) groups is 1. The molecule has 0 N–H and O–H groups in total. The number of amides is 1. The number of anilines is 1. The van der Waals surface area contributed by atoms with Gasteiger partial charge in [-0.15, -0.1) is 0 Å². The number of likely N-dealkylation sites (tertiary alicyclic amines) is 1. The predicted octanol–water partition coefficient (Wildman–Crippen LogP) is 0.644. The van der Waals surface area contributed by atoms with Gasteiger partial charge in [0.1, 0.15) is 17.3 Å². The van der Waals surface area contributed by atoms with Crippen molar-refractivity contribution in [2.75, 3.05) is 36.5 Å². The Kier molecular flexibility index (Phi) is 4.27. The molecule has 1 atom stereocenters. The van der Waals surface area contributed by atoms with Crippen molar-refractivity contribution in [1.29, 1.82) is 0 Å². The fraction of sp³-hybridized carbons (Fsp3) is 0.667. The first-order valence-corrected chi connectivity index (χ1v) is 9.76. The van der Waals surface area contributed by atoms with Gasteiger partial charge in [0.25, 0.3) is 5.91 Å². The standard InChI is InChI=1S/C15H22N4O3S/c1-11-16-13(15(20)19-6-3-4-7-19)9-14(17-11)18(2)12-5-8-23(21,22)10-12/h9,12H,3-8,10H2,1-2H3. The van der Waals surface area contributed by atoms with E-state index in [1.165, 1.54) is 0 Å². The quantitative estimate of drug-likeness (QED) is 0.804. The lowest BCUT2D eigenvalue weighted by Gasteiger charge is -2.25. The Labute approximate surface area is 136 Å². The number of sulfone groups is 1. The summed E-state index contributed by atoms with van der Waals surface area (Å²) in [7, 11) is -1.13. The van der Waals surface area contributed by atoms with Gasteiger partial charge < -0.3 is 9.80 Å². The number of hydrogen-bond donors (Lipinski definition) is 0. The lowest BCUT2D eigenvalue weighted by Crippen LogP contribution is -2.34. The first-order chi connectivity index (χ1) is 10.9. The van der Waals surface area contributed by atoms with Crippen molar-refractivity contribution in [3.63, 3.8) is 0 Å². The van der Waals surface area contributed by atoms with Gasteiger partial charge in [-0.25, -0.2) is 18.4 Å². The van der Waals surface area contributed by atoms with Crippen LogP contribution in [0.3, 0.4) is 0 Å². The molecule has 0 aliphatic carbocycles. The van der Waals surface area contributed by atoms with Gasteiger partial charge in [-0.1, -0.05) is 0 Å². The molecule has 0 aromatic carbocycles. The first-order valence-electron chi connectivity index (χ1n) is 7.94. The maximum Gasteiger partial charge on any atom is 0.272 e. The summed E-state index contributed by atoms with van der Waals surface area (Å²) >= 11 is 0. The summed E-state index contributed by atoms with van der Waals surface area (Å²) in [4.78, 5) is 24.8. The molecule has 2 fully saturated rings. The minimum Gasteiger partial charge on any atom is -0.356 e. The van der Waals surface area contributed by atoms with Crippen LogP contribution < -0.4 is 4.90 Å². The van der Waals surface area contributed by atoms with Gasteiger partial charge in [0.15, 0.2) is 9.84 Å². The minimum atomic E-state index is -2.96. The van der Waals surface area contributed by atoms with Crippen LogP contribution >= 0.6 is 0 Å². The maximum atomic E-state index is 12.5. The highest BCUT2D eigenvalue weighted by atomic mass is 32.2. The molecule has 2 aliphatic rings. The Morgan fingerprint density at radius 3 is 2.61 bits per heavy atom. The van der Waals surface area contributed by atoms with Crippen LogP contribution in [0.4, 0.5) is 5.82 Å². The number of rotatable bonds is 3. The highest BCUT2D eigenvalue weighted by Gasteiger charge is 2.32. The van der Waals surface area contributed by atoms with Gasteiger partial charge in [-0.05, 0) is 26.2 Å². The molecule has 7 nitrogen and oxygen atoms in total. The smallest absolute Gasteiger partial charge is 0.272 e. The molecule has 23 heavy (non-hydrogen) atoms. The van der Waals surface area contributed by atoms with Crippen LogP contribution in [0.5, 0.6) is 0 Å². The van der Waals surface area contributed by atoms with Crippen LogP contribution in [0.15, 0.2) is 6.07 Å². The maximum absolute atomic E-state index is 12.5. The van der Waals surface area contributed by atoms with E-state index in [9.17, 15) is 13.2 Å². The van der Waals surface area contributed by atoms with Crippen LogP contribution in [0.25, 0.3) is 0 Å². The van der Waals surface area contributed by atoms with Crippen molar-refractivity contribution in [3.8, 4) is 0 Å². The molecule has 126 valence electrons. The van der Waals surface area contributed by atoms with E-state index in [2.05, 4.69) is 9.97 Å². The lowest BCUT2D eigenvalue weighted by molar-refractivity contribution is 0.0786. The molecule has 2 saturated heterocycles. The van der Waals surface area contributed by atoms with Gasteiger partial charge in [-0.2, -0.15) is 0 Å². The summed E-state index contributed by atoms with van der Waals surface area (Å²) in [6, 6.07) is 1.59. The Morgan fingerprint density at radius 2 is 2.00 bits per heavy atom. The lowest BCUT2D eigenvalue weighted by atomic mass is 10.2. The van der Waals surface area contributed by atoms with Crippen LogP contribution in [0.1, 0.15) is 35.6 Å². The largest absolute Gasteiger partial charge is 0.356 e. The van der Waals surface area contributed by atoms with Crippen molar-refractivity contribution in [2.24, 2.45) is 0 Å². The van der Waals surface area contributed by atoms with E-state index < -0.39 is 9.84 Å². The Morgan fingerprint density at radius 1 is 1.30 bits per heavy atom. The van der Waals surface area contributed by atoms with E-state index in [-0.39, 0.29) is 23.5 Å². The van der Waals surface area contributed by atoms with Crippen molar-refractivity contribution < 1.29 is 13.2 Å². The van der Waals surface area contributed by atoms with Crippen LogP contribution in [-0.2, 0) is 9.84 Å². The number of aryl methyl sites for hydroxylation is 1. The predicted molar refractivity (Wildman–Crippen MR) is 87.4 cm³/mol. The number of hydrogen-bond acceptors (Lipinski definition) is 6. The second-order valence-corrected chi connectivity index (χ2v) is 8.55. The molecule has 1 amide bonds. The monoisotopic (exact) mass is 338 g/mol. The third kappa shape index (κ3) is 3.46. The summed E-state index contributed by atoms with van der Waals surface area (Å²) in [5, 5.41) is 0. The number of nitrogens with zero attached hydrogens (tertiary/aromatic N) is 4. The molecule has 0 radical (unpaired) electrons. The fourth-order valence-corrected chi connectivity index (χ4v) is 4.97. The molecule has 0 saturated carbocycles. The third-order valence-electron chi connectivity index (χ3n) is 4.55. The van der Waals surface area contributed by atoms with E-state index in [4.69, 9.17) is 0 Å². The Balaban J connectivity index is 1.84. The molecule has 1 aromatic rings. The van der Waals surface area contributed by atoms with Crippen LogP contribution in [0, 0.1) is 6.92 Å². The Bertz CT molecular complexity index is 713. The third-order valence-corrected chi connectivity index (χ3v) is 6.30. The van der Waals surface area contributed by atoms with E-state index in [0.29, 0.717) is 23.8 Å². The molecular weight excluding hydrogens is 316 g/mol. The van der Waals surface area contributed by atoms with Crippen molar-refractivity contribution in [1.82, 2.24) is 14.9 Å². The van der Waals surface area contributed by atoms with Gasteiger partial charge in [0, 0.05) is 32.2 Å². The summed E-state index contributed by atoms with van der Waals surface area (Å²) in [5.41, 5.74) is 0.391. The summed E-state index contributed by atoms with van der Waals surface area (Å²) in [5.74, 6) is 1.43. The molecule has 3 heterocycles. The second-order valence-electron chi connectivity index (χ2n) is 6.33. The highest BCUT2D eigenvalue weighted by molar-refractivity contribution is 7.91. The fourth-order valence-electron chi connectivity index (χ4n) is 3.19. The van der Waals surface area contributed by atoms with Gasteiger partial charge in [0.2, 0.25) is 0 Å². The zero-order chi connectivity index (χ0) is 16.6. The van der Waals surface area contributed by atoms with Crippen LogP contribution in [0.2, 0.25) is 0 Å². The molecule has 3 rings (SSSR count). The SMILES string of the molecule is Cc1nc(C(=O)N2CCCC2)cc(N(C)C2CCS(=O)(=O)C2)n1. The average molecular weight is 338 g/mol. The molecule has 0 spiro atoms. The zero-order valence-electron chi connectivity index (χ0n) is 13.5. The van der Waals surface area contributed by atoms with E-state index in [1.54, 1.807) is 13.0 Å². The molecule has 8 heteroatoms. The highest BCUT2D eigenvalue weighted by Crippen LogP contribution is 2.23. The normalized spacial score (nSPS) is 23.2. The summed E-state index contributed by atoms with van der Waals surface area (Å²) in [6.07, 6.45) is 2.66. The van der Waals surface area contributed by atoms with E-state index in [1.807, 2.05) is 16.8 Å². The summed E-state index contributed by atoms with van der Waals surface area (Å²) < 4.78 is 23.3. The van der Waals surface area contributed by atoms with Gasteiger partial charge in [-0.3, -0.25) is 4.79 Å². The molecule has 1 unspecified atom stereocenters. The van der Waals surface area contributed by atoms with E-state index in [0.717, 1.165) is 25.9 Å². The van der Waals surface area contributed by atoms with Crippen molar-refractivity contribution >= 4 is 21.6 Å². The average Bonchev–Trinajstić information content (AvgIpc) is 3.14. The van der Waals surface area contributed by atoms with E-state index >= 15 is 0 Å². The number of aromatic nitrogens is 2. The number of carbonyl (C=O) groups excluding carboxylic acids is 1. The second kappa shape index (κ2) is 6.07. The first kappa shape index (κ1) is 16.2. The molecular formula is C15H22N4O3S.